The number of nitro groups is 1. The summed E-state index contributed by atoms with van der Waals surface area (Å²) in [6, 6.07) is 11.6. The molecule has 0 aliphatic heterocycles. The molecule has 0 aliphatic carbocycles. The topological polar surface area (TPSA) is 81.5 Å². The van der Waals surface area contributed by atoms with Gasteiger partial charge in [0.1, 0.15) is 5.75 Å². The predicted octanol–water partition coefficient (Wildman–Crippen LogP) is 3.48. The summed E-state index contributed by atoms with van der Waals surface area (Å²) in [5.74, 6) is -0.0182. The van der Waals surface area contributed by atoms with E-state index in [4.69, 9.17) is 4.74 Å². The summed E-state index contributed by atoms with van der Waals surface area (Å²) in [5, 5.41) is 13.6. The van der Waals surface area contributed by atoms with Crippen molar-refractivity contribution >= 4 is 17.3 Å². The van der Waals surface area contributed by atoms with Crippen LogP contribution in [0.1, 0.15) is 18.1 Å². The van der Waals surface area contributed by atoms with Crippen molar-refractivity contribution in [2.75, 3.05) is 11.9 Å². The number of carbonyl (C=O) groups excluding carboxylic acids is 1. The van der Waals surface area contributed by atoms with Gasteiger partial charge in [-0.25, -0.2) is 0 Å². The fourth-order valence-electron chi connectivity index (χ4n) is 2.21. The first-order chi connectivity index (χ1) is 11.0. The van der Waals surface area contributed by atoms with Gasteiger partial charge in [0, 0.05) is 11.8 Å². The van der Waals surface area contributed by atoms with Gasteiger partial charge in [-0.15, -0.1) is 0 Å². The second kappa shape index (κ2) is 7.40. The quantitative estimate of drug-likeness (QED) is 0.653. The van der Waals surface area contributed by atoms with E-state index < -0.39 is 4.92 Å². The molecule has 0 heterocycles. The van der Waals surface area contributed by atoms with Crippen molar-refractivity contribution in [3.05, 3.63) is 63.7 Å². The van der Waals surface area contributed by atoms with E-state index in [0.717, 1.165) is 23.2 Å². The van der Waals surface area contributed by atoms with Crippen LogP contribution in [0.4, 0.5) is 11.4 Å². The number of non-ortho nitro benzene ring substituents is 1. The number of aryl methyl sites for hydroxylation is 2. The molecule has 6 nitrogen and oxygen atoms in total. The number of hydrogen-bond donors (Lipinski definition) is 1. The van der Waals surface area contributed by atoms with Crippen molar-refractivity contribution < 1.29 is 14.5 Å². The van der Waals surface area contributed by atoms with Crippen LogP contribution in [0.5, 0.6) is 5.75 Å². The fourth-order valence-corrected chi connectivity index (χ4v) is 2.21. The lowest BCUT2D eigenvalue weighted by atomic mass is 10.1. The average Bonchev–Trinajstić information content (AvgIpc) is 2.55. The summed E-state index contributed by atoms with van der Waals surface area (Å²) < 4.78 is 5.33. The molecule has 120 valence electrons. The molecule has 6 heteroatoms. The molecule has 0 saturated heterocycles. The normalized spacial score (nSPS) is 10.2. The Bertz CT molecular complexity index is 728. The molecular formula is C17H18N2O4. The minimum Gasteiger partial charge on any atom is -0.484 e. The molecule has 2 aromatic rings. The van der Waals surface area contributed by atoms with E-state index in [-0.39, 0.29) is 24.0 Å². The second-order valence-corrected chi connectivity index (χ2v) is 5.05. The average molecular weight is 314 g/mol. The zero-order chi connectivity index (χ0) is 16.8. The van der Waals surface area contributed by atoms with Gasteiger partial charge in [0.05, 0.1) is 11.0 Å². The van der Waals surface area contributed by atoms with Crippen LogP contribution < -0.4 is 10.1 Å². The molecule has 0 bridgehead atoms. The number of carbonyl (C=O) groups is 1. The van der Waals surface area contributed by atoms with E-state index in [1.807, 2.05) is 32.0 Å². The Morgan fingerprint density at radius 1 is 1.26 bits per heavy atom. The molecule has 23 heavy (non-hydrogen) atoms. The number of nitrogens with one attached hydrogen (secondary N) is 1. The van der Waals surface area contributed by atoms with Gasteiger partial charge in [0.2, 0.25) is 0 Å². The van der Waals surface area contributed by atoms with E-state index in [9.17, 15) is 14.9 Å². The van der Waals surface area contributed by atoms with Gasteiger partial charge in [0.25, 0.3) is 11.6 Å². The Morgan fingerprint density at radius 3 is 2.70 bits per heavy atom. The Balaban J connectivity index is 2.01. The predicted molar refractivity (Wildman–Crippen MR) is 87.8 cm³/mol. The number of rotatable bonds is 6. The third kappa shape index (κ3) is 4.29. The maximum Gasteiger partial charge on any atom is 0.273 e. The van der Waals surface area contributed by atoms with Crippen molar-refractivity contribution in [3.8, 4) is 5.75 Å². The zero-order valence-corrected chi connectivity index (χ0v) is 13.0. The van der Waals surface area contributed by atoms with Gasteiger partial charge in [-0.1, -0.05) is 31.2 Å². The highest BCUT2D eigenvalue weighted by Crippen LogP contribution is 2.22. The minimum atomic E-state index is -0.506. The molecule has 2 rings (SSSR count). The highest BCUT2D eigenvalue weighted by atomic mass is 16.6. The second-order valence-electron chi connectivity index (χ2n) is 5.05. The van der Waals surface area contributed by atoms with Gasteiger partial charge in [-0.05, 0) is 30.5 Å². The van der Waals surface area contributed by atoms with Gasteiger partial charge >= 0.3 is 0 Å². The number of nitrogens with zero attached hydrogens (tertiary/aromatic N) is 1. The van der Waals surface area contributed by atoms with Crippen LogP contribution in [0.3, 0.4) is 0 Å². The number of nitro benzene ring substituents is 1. The monoisotopic (exact) mass is 314 g/mol. The lowest BCUT2D eigenvalue weighted by Gasteiger charge is -2.13. The van der Waals surface area contributed by atoms with E-state index >= 15 is 0 Å². The van der Waals surface area contributed by atoms with Crippen LogP contribution >= 0.6 is 0 Å². The van der Waals surface area contributed by atoms with E-state index in [1.165, 1.54) is 18.2 Å². The van der Waals surface area contributed by atoms with E-state index in [0.29, 0.717) is 0 Å². The van der Waals surface area contributed by atoms with Crippen molar-refractivity contribution in [3.63, 3.8) is 0 Å². The molecule has 1 amide bonds. The van der Waals surface area contributed by atoms with Crippen LogP contribution in [-0.2, 0) is 11.2 Å². The summed E-state index contributed by atoms with van der Waals surface area (Å²) >= 11 is 0. The maximum absolute atomic E-state index is 12.1. The van der Waals surface area contributed by atoms with Crippen LogP contribution in [0.25, 0.3) is 0 Å². The van der Waals surface area contributed by atoms with Crippen molar-refractivity contribution in [2.45, 2.75) is 20.3 Å². The van der Waals surface area contributed by atoms with Gasteiger partial charge < -0.3 is 10.1 Å². The number of amides is 1. The summed E-state index contributed by atoms with van der Waals surface area (Å²) in [6.45, 7) is 3.73. The minimum absolute atomic E-state index is 0.0740. The molecule has 0 unspecified atom stereocenters. The van der Waals surface area contributed by atoms with Crippen LogP contribution in [0, 0.1) is 17.0 Å². The number of para-hydroxylation sites is 1. The molecule has 0 aliphatic rings. The Kier molecular flexibility index (Phi) is 5.30. The van der Waals surface area contributed by atoms with Crippen LogP contribution in [-0.4, -0.2) is 17.4 Å². The Morgan fingerprint density at radius 2 is 2.00 bits per heavy atom. The first-order valence-electron chi connectivity index (χ1n) is 7.27. The van der Waals surface area contributed by atoms with E-state index in [2.05, 4.69) is 5.32 Å². The smallest absolute Gasteiger partial charge is 0.273 e. The largest absolute Gasteiger partial charge is 0.484 e. The lowest BCUT2D eigenvalue weighted by Crippen LogP contribution is -2.21. The molecule has 0 fully saturated rings. The van der Waals surface area contributed by atoms with Gasteiger partial charge in [-0.3, -0.25) is 14.9 Å². The molecule has 2 aromatic carbocycles. The SMILES string of the molecule is CCc1cccc(C)c1NC(=O)COc1cccc([N+](=O)[O-])c1. The first-order valence-corrected chi connectivity index (χ1v) is 7.27. The summed E-state index contributed by atoms with van der Waals surface area (Å²) in [6.07, 6.45) is 0.809. The highest BCUT2D eigenvalue weighted by molar-refractivity contribution is 5.93. The molecule has 0 aromatic heterocycles. The van der Waals surface area contributed by atoms with Crippen molar-refractivity contribution in [2.24, 2.45) is 0 Å². The Hall–Kier alpha value is -2.89. The van der Waals surface area contributed by atoms with E-state index in [1.54, 1.807) is 6.07 Å². The summed E-state index contributed by atoms with van der Waals surface area (Å²) in [7, 11) is 0. The molecule has 0 saturated carbocycles. The maximum atomic E-state index is 12.1. The highest BCUT2D eigenvalue weighted by Gasteiger charge is 2.11. The van der Waals surface area contributed by atoms with Crippen molar-refractivity contribution in [1.82, 2.24) is 0 Å². The molecule has 0 spiro atoms. The number of anilines is 1. The van der Waals surface area contributed by atoms with Crippen LogP contribution in [0.2, 0.25) is 0 Å². The standard InChI is InChI=1S/C17H18N2O4/c1-3-13-7-4-6-12(2)17(13)18-16(20)11-23-15-9-5-8-14(10-15)19(21)22/h4-10H,3,11H2,1-2H3,(H,18,20). The number of ether oxygens (including phenoxy) is 1. The summed E-state index contributed by atoms with van der Waals surface area (Å²) in [5.41, 5.74) is 2.75. The zero-order valence-electron chi connectivity index (χ0n) is 13.0. The van der Waals surface area contributed by atoms with Gasteiger partial charge in [0.15, 0.2) is 6.61 Å². The third-order valence-corrected chi connectivity index (χ3v) is 3.40. The first kappa shape index (κ1) is 16.5. The lowest BCUT2D eigenvalue weighted by molar-refractivity contribution is -0.384. The fraction of sp³-hybridized carbons (Fsp3) is 0.235. The molecule has 1 N–H and O–H groups in total. The molecule has 0 atom stereocenters. The van der Waals surface area contributed by atoms with Gasteiger partial charge in [-0.2, -0.15) is 0 Å². The third-order valence-electron chi connectivity index (χ3n) is 3.40. The number of hydrogen-bond acceptors (Lipinski definition) is 4. The molecular weight excluding hydrogens is 296 g/mol. The van der Waals surface area contributed by atoms with Crippen molar-refractivity contribution in [1.29, 1.82) is 0 Å². The van der Waals surface area contributed by atoms with Crippen LogP contribution in [0.15, 0.2) is 42.5 Å². The molecule has 0 radical (unpaired) electrons. The number of benzene rings is 2. The summed E-state index contributed by atoms with van der Waals surface area (Å²) in [4.78, 5) is 22.3. The Labute approximate surface area is 134 Å².